The quantitative estimate of drug-likeness (QED) is 0.551. The molecule has 3 rings (SSSR count). The van der Waals surface area contributed by atoms with Gasteiger partial charge in [0.15, 0.2) is 0 Å². The first-order valence-electron chi connectivity index (χ1n) is 7.38. The van der Waals surface area contributed by atoms with Crippen LogP contribution >= 0.6 is 0 Å². The normalized spacial score (nSPS) is 10.9. The number of methoxy groups -OCH3 is 1. The molecule has 0 aliphatic rings. The molecular weight excluding hydrogens is 328 g/mol. The van der Waals surface area contributed by atoms with Crippen molar-refractivity contribution in [3.8, 4) is 11.1 Å². The maximum atomic E-state index is 12.4. The molecule has 25 heavy (non-hydrogen) atoms. The summed E-state index contributed by atoms with van der Waals surface area (Å²) in [4.78, 5) is 41.3. The van der Waals surface area contributed by atoms with Crippen LogP contribution in [0, 0.1) is 10.1 Å². The SMILES string of the molecule is COCCn1c(=O)[nH]c(=O)c2c(-c3cccc([N+](=O)[O-])c3)ccnc21. The van der Waals surface area contributed by atoms with Crippen LogP contribution in [-0.4, -0.2) is 33.2 Å². The van der Waals surface area contributed by atoms with Crippen LogP contribution in [-0.2, 0) is 11.3 Å². The third kappa shape index (κ3) is 3.04. The van der Waals surface area contributed by atoms with Crippen molar-refractivity contribution in [1.29, 1.82) is 0 Å². The largest absolute Gasteiger partial charge is 0.383 e. The van der Waals surface area contributed by atoms with E-state index in [0.29, 0.717) is 11.1 Å². The van der Waals surface area contributed by atoms with E-state index in [0.717, 1.165) is 0 Å². The van der Waals surface area contributed by atoms with Gasteiger partial charge in [0, 0.05) is 25.4 Å². The molecule has 0 fully saturated rings. The molecule has 0 atom stereocenters. The van der Waals surface area contributed by atoms with Crippen LogP contribution in [0.2, 0.25) is 0 Å². The van der Waals surface area contributed by atoms with E-state index < -0.39 is 16.2 Å². The first kappa shape index (κ1) is 16.5. The van der Waals surface area contributed by atoms with E-state index in [1.54, 1.807) is 12.1 Å². The number of aromatic amines is 1. The van der Waals surface area contributed by atoms with Gasteiger partial charge in [0.2, 0.25) is 0 Å². The molecule has 1 aromatic carbocycles. The van der Waals surface area contributed by atoms with Crippen LogP contribution in [0.3, 0.4) is 0 Å². The van der Waals surface area contributed by atoms with Gasteiger partial charge in [-0.2, -0.15) is 0 Å². The smallest absolute Gasteiger partial charge is 0.330 e. The van der Waals surface area contributed by atoms with Crippen molar-refractivity contribution < 1.29 is 9.66 Å². The number of rotatable bonds is 5. The second kappa shape index (κ2) is 6.65. The Morgan fingerprint density at radius 1 is 1.32 bits per heavy atom. The molecule has 0 saturated carbocycles. The van der Waals surface area contributed by atoms with Gasteiger partial charge in [-0.05, 0) is 17.2 Å². The minimum atomic E-state index is -0.594. The van der Waals surface area contributed by atoms with Crippen LogP contribution < -0.4 is 11.2 Å². The zero-order valence-corrected chi connectivity index (χ0v) is 13.3. The molecule has 0 aliphatic carbocycles. The number of nitro benzene ring substituents is 1. The number of pyridine rings is 1. The minimum Gasteiger partial charge on any atom is -0.383 e. The lowest BCUT2D eigenvalue weighted by Crippen LogP contribution is -2.32. The summed E-state index contributed by atoms with van der Waals surface area (Å²) in [5, 5.41) is 11.2. The maximum Gasteiger partial charge on any atom is 0.330 e. The fourth-order valence-electron chi connectivity index (χ4n) is 2.62. The van der Waals surface area contributed by atoms with Gasteiger partial charge in [-0.3, -0.25) is 24.5 Å². The van der Waals surface area contributed by atoms with Crippen LogP contribution in [0.1, 0.15) is 0 Å². The van der Waals surface area contributed by atoms with Crippen molar-refractivity contribution in [2.45, 2.75) is 6.54 Å². The lowest BCUT2D eigenvalue weighted by Gasteiger charge is -2.11. The van der Waals surface area contributed by atoms with Gasteiger partial charge < -0.3 is 4.74 Å². The maximum absolute atomic E-state index is 12.4. The third-order valence-corrected chi connectivity index (χ3v) is 3.77. The summed E-state index contributed by atoms with van der Waals surface area (Å²) in [5.74, 6) is 0. The summed E-state index contributed by atoms with van der Waals surface area (Å²) in [7, 11) is 1.50. The highest BCUT2D eigenvalue weighted by Gasteiger charge is 2.15. The second-order valence-electron chi connectivity index (χ2n) is 5.27. The van der Waals surface area contributed by atoms with Crippen molar-refractivity contribution in [2.75, 3.05) is 13.7 Å². The molecule has 0 unspecified atom stereocenters. The molecule has 0 amide bonds. The van der Waals surface area contributed by atoms with E-state index in [4.69, 9.17) is 4.74 Å². The van der Waals surface area contributed by atoms with Gasteiger partial charge in [-0.25, -0.2) is 9.78 Å². The number of benzene rings is 1. The Labute approximate surface area is 140 Å². The van der Waals surface area contributed by atoms with Gasteiger partial charge in [0.1, 0.15) is 5.65 Å². The van der Waals surface area contributed by atoms with E-state index in [9.17, 15) is 19.7 Å². The van der Waals surface area contributed by atoms with Crippen molar-refractivity contribution in [3.05, 3.63) is 67.5 Å². The molecule has 0 bridgehead atoms. The predicted molar refractivity (Wildman–Crippen MR) is 90.6 cm³/mol. The van der Waals surface area contributed by atoms with Crippen molar-refractivity contribution in [2.24, 2.45) is 0 Å². The predicted octanol–water partition coefficient (Wildman–Crippen LogP) is 1.31. The van der Waals surface area contributed by atoms with E-state index >= 15 is 0 Å². The Kier molecular flexibility index (Phi) is 4.40. The Morgan fingerprint density at radius 2 is 2.12 bits per heavy atom. The number of aromatic nitrogens is 3. The number of nitro groups is 1. The Morgan fingerprint density at radius 3 is 2.84 bits per heavy atom. The number of non-ortho nitro benzene ring substituents is 1. The average Bonchev–Trinajstić information content (AvgIpc) is 2.61. The number of nitrogens with one attached hydrogen (secondary N) is 1. The summed E-state index contributed by atoms with van der Waals surface area (Å²) < 4.78 is 6.29. The summed E-state index contributed by atoms with van der Waals surface area (Å²) in [6, 6.07) is 7.52. The summed E-state index contributed by atoms with van der Waals surface area (Å²) >= 11 is 0. The molecule has 9 heteroatoms. The average molecular weight is 342 g/mol. The molecule has 0 saturated heterocycles. The summed E-state index contributed by atoms with van der Waals surface area (Å²) in [6.07, 6.45) is 1.46. The lowest BCUT2D eigenvalue weighted by molar-refractivity contribution is -0.384. The summed E-state index contributed by atoms with van der Waals surface area (Å²) in [6.45, 7) is 0.484. The van der Waals surface area contributed by atoms with Crippen molar-refractivity contribution in [1.82, 2.24) is 14.5 Å². The standard InChI is InChI=1S/C16H14N4O5/c1-25-8-7-19-14-13(15(21)18-16(19)22)12(5-6-17-14)10-3-2-4-11(9-10)20(23)24/h2-6,9H,7-8H2,1H3,(H,18,21,22). The van der Waals surface area contributed by atoms with Crippen LogP contribution in [0.15, 0.2) is 46.1 Å². The molecule has 0 spiro atoms. The van der Waals surface area contributed by atoms with E-state index in [1.807, 2.05) is 0 Å². The number of fused-ring (bicyclic) bond motifs is 1. The van der Waals surface area contributed by atoms with Crippen LogP contribution in [0.25, 0.3) is 22.2 Å². The molecule has 2 heterocycles. The highest BCUT2D eigenvalue weighted by molar-refractivity contribution is 5.92. The van der Waals surface area contributed by atoms with Gasteiger partial charge >= 0.3 is 5.69 Å². The zero-order chi connectivity index (χ0) is 18.0. The molecule has 9 nitrogen and oxygen atoms in total. The molecule has 2 aromatic heterocycles. The fourth-order valence-corrected chi connectivity index (χ4v) is 2.62. The zero-order valence-electron chi connectivity index (χ0n) is 13.3. The third-order valence-electron chi connectivity index (χ3n) is 3.77. The monoisotopic (exact) mass is 342 g/mol. The molecule has 0 aliphatic heterocycles. The van der Waals surface area contributed by atoms with Crippen LogP contribution in [0.5, 0.6) is 0 Å². The Balaban J connectivity index is 2.31. The molecule has 1 N–H and O–H groups in total. The van der Waals surface area contributed by atoms with Crippen LogP contribution in [0.4, 0.5) is 5.69 Å². The summed E-state index contributed by atoms with van der Waals surface area (Å²) in [5.41, 5.74) is -0.118. The highest BCUT2D eigenvalue weighted by Crippen LogP contribution is 2.27. The number of hydrogen-bond acceptors (Lipinski definition) is 6. The second-order valence-corrected chi connectivity index (χ2v) is 5.27. The van der Waals surface area contributed by atoms with Crippen molar-refractivity contribution >= 4 is 16.7 Å². The van der Waals surface area contributed by atoms with Gasteiger partial charge in [0.25, 0.3) is 11.2 Å². The minimum absolute atomic E-state index is 0.0911. The molecular formula is C16H14N4O5. The van der Waals surface area contributed by atoms with Gasteiger partial charge in [0.05, 0.1) is 23.5 Å². The molecule has 3 aromatic rings. The number of nitrogens with zero attached hydrogens (tertiary/aromatic N) is 3. The molecule has 0 radical (unpaired) electrons. The van der Waals surface area contributed by atoms with Gasteiger partial charge in [-0.15, -0.1) is 0 Å². The Hall–Kier alpha value is -3.33. The number of ether oxygens (including phenoxy) is 1. The Bertz CT molecular complexity index is 1070. The van der Waals surface area contributed by atoms with E-state index in [-0.39, 0.29) is 29.9 Å². The number of hydrogen-bond donors (Lipinski definition) is 1. The lowest BCUT2D eigenvalue weighted by atomic mass is 10.0. The molecule has 128 valence electrons. The highest BCUT2D eigenvalue weighted by atomic mass is 16.6. The van der Waals surface area contributed by atoms with Crippen molar-refractivity contribution in [3.63, 3.8) is 0 Å². The topological polar surface area (TPSA) is 120 Å². The number of H-pyrrole nitrogens is 1. The van der Waals surface area contributed by atoms with Gasteiger partial charge in [-0.1, -0.05) is 12.1 Å². The first-order chi connectivity index (χ1) is 12.0. The first-order valence-corrected chi connectivity index (χ1v) is 7.38. The van der Waals surface area contributed by atoms with E-state index in [1.165, 1.54) is 36.1 Å². The van der Waals surface area contributed by atoms with E-state index in [2.05, 4.69) is 9.97 Å². The fraction of sp³-hybridized carbons (Fsp3) is 0.188.